The van der Waals surface area contributed by atoms with E-state index in [0.29, 0.717) is 6.04 Å². The molecule has 1 aromatic carbocycles. The first-order chi connectivity index (χ1) is 9.88. The molecule has 21 heavy (non-hydrogen) atoms. The Morgan fingerprint density at radius 2 is 1.86 bits per heavy atom. The van der Waals surface area contributed by atoms with Crippen LogP contribution in [0.5, 0.6) is 0 Å². The maximum absolute atomic E-state index is 5.75. The van der Waals surface area contributed by atoms with E-state index in [0.717, 1.165) is 28.9 Å². The van der Waals surface area contributed by atoms with E-state index in [4.69, 9.17) is 5.73 Å². The van der Waals surface area contributed by atoms with Crippen molar-refractivity contribution in [2.24, 2.45) is 7.05 Å². The van der Waals surface area contributed by atoms with Crippen LogP contribution in [-0.2, 0) is 20.1 Å². The summed E-state index contributed by atoms with van der Waals surface area (Å²) in [6.07, 6.45) is 0. The van der Waals surface area contributed by atoms with Crippen LogP contribution in [0.3, 0.4) is 0 Å². The molecule has 2 N–H and O–H groups in total. The van der Waals surface area contributed by atoms with E-state index in [1.54, 1.807) is 0 Å². The quantitative estimate of drug-likeness (QED) is 0.839. The lowest BCUT2D eigenvalue weighted by Crippen LogP contribution is -2.30. The highest BCUT2D eigenvalue weighted by Gasteiger charge is 2.17. The van der Waals surface area contributed by atoms with Crippen LogP contribution < -0.4 is 5.73 Å². The second kappa shape index (κ2) is 6.62. The molecule has 0 saturated carbocycles. The first-order valence-corrected chi connectivity index (χ1v) is 7.94. The van der Waals surface area contributed by atoms with Gasteiger partial charge in [0.1, 0.15) is 0 Å². The van der Waals surface area contributed by atoms with E-state index in [2.05, 4.69) is 51.9 Å². The van der Waals surface area contributed by atoms with E-state index in [1.807, 2.05) is 30.8 Å². The molecule has 0 saturated heterocycles. The number of anilines is 1. The monoisotopic (exact) mass is 350 g/mol. The maximum Gasteiger partial charge on any atom is 0.0739 e. The molecule has 0 aliphatic carbocycles. The predicted molar refractivity (Wildman–Crippen MR) is 90.9 cm³/mol. The summed E-state index contributed by atoms with van der Waals surface area (Å²) in [5, 5.41) is 4.47. The van der Waals surface area contributed by atoms with Gasteiger partial charge in [0.15, 0.2) is 0 Å². The van der Waals surface area contributed by atoms with Gasteiger partial charge >= 0.3 is 0 Å². The summed E-state index contributed by atoms with van der Waals surface area (Å²) >= 11 is 3.65. The molecule has 0 atom stereocenters. The van der Waals surface area contributed by atoms with E-state index < -0.39 is 0 Å². The van der Waals surface area contributed by atoms with Gasteiger partial charge in [0.05, 0.1) is 15.9 Å². The number of aromatic nitrogens is 2. The number of nitrogens with zero attached hydrogens (tertiary/aromatic N) is 3. The van der Waals surface area contributed by atoms with Gasteiger partial charge in [-0.15, -0.1) is 0 Å². The maximum atomic E-state index is 5.75. The van der Waals surface area contributed by atoms with Crippen molar-refractivity contribution in [3.05, 3.63) is 45.7 Å². The molecule has 0 aliphatic rings. The Kier molecular flexibility index (Phi) is 5.06. The SMILES string of the molecule is Cc1nn(C)c(CN(Cc2ccc(N)cc2)C(C)C)c1Br. The van der Waals surface area contributed by atoms with Crippen molar-refractivity contribution >= 4 is 21.6 Å². The van der Waals surface area contributed by atoms with Gasteiger partial charge in [-0.05, 0) is 54.4 Å². The normalized spacial score (nSPS) is 11.6. The zero-order valence-electron chi connectivity index (χ0n) is 13.1. The molecule has 0 spiro atoms. The lowest BCUT2D eigenvalue weighted by atomic mass is 10.1. The van der Waals surface area contributed by atoms with Crippen molar-refractivity contribution in [1.29, 1.82) is 0 Å². The topological polar surface area (TPSA) is 47.1 Å². The minimum atomic E-state index is 0.449. The van der Waals surface area contributed by atoms with Crippen LogP contribution in [-0.4, -0.2) is 20.7 Å². The first-order valence-electron chi connectivity index (χ1n) is 7.15. The molecule has 1 aromatic heterocycles. The molecule has 114 valence electrons. The molecule has 5 heteroatoms. The fourth-order valence-corrected chi connectivity index (χ4v) is 2.78. The van der Waals surface area contributed by atoms with Crippen molar-refractivity contribution in [3.8, 4) is 0 Å². The Morgan fingerprint density at radius 1 is 1.24 bits per heavy atom. The second-order valence-corrected chi connectivity index (χ2v) is 6.50. The molecular formula is C16H23BrN4. The highest BCUT2D eigenvalue weighted by molar-refractivity contribution is 9.10. The third-order valence-electron chi connectivity index (χ3n) is 3.71. The van der Waals surface area contributed by atoms with Crippen LogP contribution in [0.15, 0.2) is 28.7 Å². The molecule has 0 aliphatic heterocycles. The number of hydrogen-bond acceptors (Lipinski definition) is 3. The summed E-state index contributed by atoms with van der Waals surface area (Å²) in [5.74, 6) is 0. The smallest absolute Gasteiger partial charge is 0.0739 e. The van der Waals surface area contributed by atoms with Gasteiger partial charge in [-0.25, -0.2) is 0 Å². The van der Waals surface area contributed by atoms with Gasteiger partial charge < -0.3 is 5.73 Å². The molecule has 0 unspecified atom stereocenters. The Bertz CT molecular complexity index is 601. The summed E-state index contributed by atoms with van der Waals surface area (Å²) in [5.41, 5.74) is 10.1. The Hall–Kier alpha value is -1.33. The summed E-state index contributed by atoms with van der Waals surface area (Å²) in [7, 11) is 1.99. The highest BCUT2D eigenvalue weighted by atomic mass is 79.9. The van der Waals surface area contributed by atoms with E-state index in [-0.39, 0.29) is 0 Å². The van der Waals surface area contributed by atoms with Crippen molar-refractivity contribution in [2.75, 3.05) is 5.73 Å². The van der Waals surface area contributed by atoms with Crippen LogP contribution in [0, 0.1) is 6.92 Å². The number of aryl methyl sites for hydroxylation is 2. The molecule has 2 aromatic rings. The average molecular weight is 351 g/mol. The standard InChI is InChI=1S/C16H23BrN4/c1-11(2)21(9-13-5-7-14(18)8-6-13)10-15-16(17)12(3)19-20(15)4/h5-8,11H,9-10,18H2,1-4H3. The van der Waals surface area contributed by atoms with E-state index in [9.17, 15) is 0 Å². The largest absolute Gasteiger partial charge is 0.399 e. The summed E-state index contributed by atoms with van der Waals surface area (Å²) in [4.78, 5) is 2.42. The molecule has 2 rings (SSSR count). The number of halogens is 1. The molecule has 0 radical (unpaired) electrons. The lowest BCUT2D eigenvalue weighted by molar-refractivity contribution is 0.198. The van der Waals surface area contributed by atoms with Crippen molar-refractivity contribution in [3.63, 3.8) is 0 Å². The Balaban J connectivity index is 2.18. The number of benzene rings is 1. The molecule has 0 amide bonds. The summed E-state index contributed by atoms with van der Waals surface area (Å²) in [6.45, 7) is 8.21. The van der Waals surface area contributed by atoms with Crippen LogP contribution in [0.4, 0.5) is 5.69 Å². The van der Waals surface area contributed by atoms with Crippen molar-refractivity contribution < 1.29 is 0 Å². The Labute approximate surface area is 135 Å². The van der Waals surface area contributed by atoms with Crippen LogP contribution >= 0.6 is 15.9 Å². The van der Waals surface area contributed by atoms with Crippen molar-refractivity contribution in [1.82, 2.24) is 14.7 Å². The fourth-order valence-electron chi connectivity index (χ4n) is 2.32. The average Bonchev–Trinajstić information content (AvgIpc) is 2.66. The van der Waals surface area contributed by atoms with Gasteiger partial charge in [0.2, 0.25) is 0 Å². The molecule has 1 heterocycles. The van der Waals surface area contributed by atoms with E-state index >= 15 is 0 Å². The van der Waals surface area contributed by atoms with Gasteiger partial charge in [0.25, 0.3) is 0 Å². The minimum Gasteiger partial charge on any atom is -0.399 e. The lowest BCUT2D eigenvalue weighted by Gasteiger charge is -2.26. The van der Waals surface area contributed by atoms with Gasteiger partial charge in [-0.2, -0.15) is 5.10 Å². The van der Waals surface area contributed by atoms with Gasteiger partial charge in [-0.1, -0.05) is 12.1 Å². The zero-order valence-corrected chi connectivity index (χ0v) is 14.7. The van der Waals surface area contributed by atoms with Crippen LogP contribution in [0.2, 0.25) is 0 Å². The molecule has 0 fully saturated rings. The predicted octanol–water partition coefficient (Wildman–Crippen LogP) is 3.48. The number of hydrogen-bond donors (Lipinski definition) is 1. The van der Waals surface area contributed by atoms with E-state index in [1.165, 1.54) is 11.3 Å². The third-order valence-corrected chi connectivity index (χ3v) is 4.74. The minimum absolute atomic E-state index is 0.449. The highest BCUT2D eigenvalue weighted by Crippen LogP contribution is 2.23. The van der Waals surface area contributed by atoms with Crippen molar-refractivity contribution in [2.45, 2.75) is 39.9 Å². The fraction of sp³-hybridized carbons (Fsp3) is 0.438. The molecule has 4 nitrogen and oxygen atoms in total. The van der Waals surface area contributed by atoms with Gasteiger partial charge in [-0.3, -0.25) is 9.58 Å². The Morgan fingerprint density at radius 3 is 2.33 bits per heavy atom. The first kappa shape index (κ1) is 16.0. The number of nitrogens with two attached hydrogens (primary N) is 1. The summed E-state index contributed by atoms with van der Waals surface area (Å²) < 4.78 is 3.06. The summed E-state index contributed by atoms with van der Waals surface area (Å²) in [6, 6.07) is 8.54. The zero-order chi connectivity index (χ0) is 15.6. The number of rotatable bonds is 5. The second-order valence-electron chi connectivity index (χ2n) is 5.71. The van der Waals surface area contributed by atoms with Crippen LogP contribution in [0.25, 0.3) is 0 Å². The van der Waals surface area contributed by atoms with Gasteiger partial charge in [0, 0.05) is 31.9 Å². The van der Waals surface area contributed by atoms with Crippen LogP contribution in [0.1, 0.15) is 30.8 Å². The number of nitrogen functional groups attached to an aromatic ring is 1. The molecular weight excluding hydrogens is 328 g/mol. The molecule has 0 bridgehead atoms. The third kappa shape index (κ3) is 3.86.